The number of benzene rings is 1. The molecule has 0 radical (unpaired) electrons. The molecule has 3 heteroatoms. The molecule has 0 aliphatic rings. The Morgan fingerprint density at radius 3 is 2.84 bits per heavy atom. The van der Waals surface area contributed by atoms with Crippen LogP contribution in [0.25, 0.3) is 10.9 Å². The summed E-state index contributed by atoms with van der Waals surface area (Å²) in [4.78, 5) is 6.98. The first-order chi connectivity index (χ1) is 9.30. The van der Waals surface area contributed by atoms with Crippen LogP contribution in [0.3, 0.4) is 0 Å². The minimum Gasteiger partial charge on any atom is -0.353 e. The molecule has 0 aliphatic carbocycles. The molecule has 0 saturated carbocycles. The number of hydrogen-bond acceptors (Lipinski definition) is 3. The van der Waals surface area contributed by atoms with Crippen LogP contribution in [-0.4, -0.2) is 18.1 Å². The summed E-state index contributed by atoms with van der Waals surface area (Å²) in [5, 5.41) is 1.14. The molecule has 1 heterocycles. The topological polar surface area (TPSA) is 42.1 Å². The van der Waals surface area contributed by atoms with Crippen molar-refractivity contribution in [2.45, 2.75) is 19.9 Å². The SMILES string of the molecule is C=CCN(CCC)c1cc(CN)c2ccccc2n1. The Bertz CT molecular complexity index is 563. The first-order valence-corrected chi connectivity index (χ1v) is 6.74. The Morgan fingerprint density at radius 2 is 2.16 bits per heavy atom. The zero-order chi connectivity index (χ0) is 13.7. The van der Waals surface area contributed by atoms with Crippen LogP contribution in [0, 0.1) is 0 Å². The van der Waals surface area contributed by atoms with E-state index < -0.39 is 0 Å². The maximum Gasteiger partial charge on any atom is 0.129 e. The molecule has 2 rings (SSSR count). The summed E-state index contributed by atoms with van der Waals surface area (Å²) in [5.41, 5.74) is 8.02. The molecule has 0 spiro atoms. The summed E-state index contributed by atoms with van der Waals surface area (Å²) in [5.74, 6) is 0.987. The van der Waals surface area contributed by atoms with E-state index in [0.717, 1.165) is 41.8 Å². The number of rotatable bonds is 6. The summed E-state index contributed by atoms with van der Waals surface area (Å²) in [6.45, 7) is 8.30. The lowest BCUT2D eigenvalue weighted by atomic mass is 10.1. The summed E-state index contributed by atoms with van der Waals surface area (Å²) >= 11 is 0. The molecular weight excluding hydrogens is 234 g/mol. The van der Waals surface area contributed by atoms with Crippen molar-refractivity contribution in [3.63, 3.8) is 0 Å². The van der Waals surface area contributed by atoms with E-state index >= 15 is 0 Å². The third kappa shape index (κ3) is 2.93. The summed E-state index contributed by atoms with van der Waals surface area (Å²) < 4.78 is 0. The van der Waals surface area contributed by atoms with Crippen molar-refractivity contribution in [2.24, 2.45) is 5.73 Å². The number of pyridine rings is 1. The molecule has 0 bridgehead atoms. The van der Waals surface area contributed by atoms with Crippen molar-refractivity contribution in [1.82, 2.24) is 4.98 Å². The van der Waals surface area contributed by atoms with Gasteiger partial charge in [0, 0.05) is 25.0 Å². The molecule has 19 heavy (non-hydrogen) atoms. The lowest BCUT2D eigenvalue weighted by Gasteiger charge is -2.22. The van der Waals surface area contributed by atoms with E-state index in [1.54, 1.807) is 0 Å². The van der Waals surface area contributed by atoms with Gasteiger partial charge in [0.2, 0.25) is 0 Å². The summed E-state index contributed by atoms with van der Waals surface area (Å²) in [7, 11) is 0. The van der Waals surface area contributed by atoms with Gasteiger partial charge in [0.25, 0.3) is 0 Å². The van der Waals surface area contributed by atoms with Gasteiger partial charge in [-0.15, -0.1) is 6.58 Å². The van der Waals surface area contributed by atoms with Crippen LogP contribution in [0.1, 0.15) is 18.9 Å². The second kappa shape index (κ2) is 6.34. The average molecular weight is 255 g/mol. The molecule has 0 amide bonds. The molecule has 0 atom stereocenters. The average Bonchev–Trinajstić information content (AvgIpc) is 2.46. The third-order valence-corrected chi connectivity index (χ3v) is 3.18. The van der Waals surface area contributed by atoms with Gasteiger partial charge in [-0.1, -0.05) is 31.2 Å². The predicted octanol–water partition coefficient (Wildman–Crippen LogP) is 3.10. The van der Waals surface area contributed by atoms with Crippen LogP contribution >= 0.6 is 0 Å². The molecule has 2 aromatic rings. The van der Waals surface area contributed by atoms with Crippen molar-refractivity contribution < 1.29 is 0 Å². The third-order valence-electron chi connectivity index (χ3n) is 3.18. The van der Waals surface area contributed by atoms with Gasteiger partial charge in [-0.2, -0.15) is 0 Å². The first-order valence-electron chi connectivity index (χ1n) is 6.74. The smallest absolute Gasteiger partial charge is 0.129 e. The number of nitrogens with zero attached hydrogens (tertiary/aromatic N) is 2. The fourth-order valence-corrected chi connectivity index (χ4v) is 2.29. The van der Waals surface area contributed by atoms with Gasteiger partial charge in [0.05, 0.1) is 5.52 Å². The fraction of sp³-hybridized carbons (Fsp3) is 0.312. The summed E-state index contributed by atoms with van der Waals surface area (Å²) in [6, 6.07) is 10.2. The van der Waals surface area contributed by atoms with Crippen LogP contribution < -0.4 is 10.6 Å². The number of nitrogens with two attached hydrogens (primary N) is 1. The van der Waals surface area contributed by atoms with E-state index in [9.17, 15) is 0 Å². The number of anilines is 1. The molecule has 0 fully saturated rings. The predicted molar refractivity (Wildman–Crippen MR) is 82.3 cm³/mol. The number of fused-ring (bicyclic) bond motifs is 1. The highest BCUT2D eigenvalue weighted by molar-refractivity contribution is 5.84. The molecule has 1 aromatic carbocycles. The number of para-hydroxylation sites is 1. The monoisotopic (exact) mass is 255 g/mol. The Labute approximate surface area is 114 Å². The quantitative estimate of drug-likeness (QED) is 0.806. The standard InChI is InChI=1S/C16H21N3/c1-3-9-19(10-4-2)16-11-13(12-17)14-7-5-6-8-15(14)18-16/h3,5-8,11H,1,4,9-10,12,17H2,2H3. The van der Waals surface area contributed by atoms with Gasteiger partial charge in [-0.25, -0.2) is 4.98 Å². The molecule has 2 N–H and O–H groups in total. The highest BCUT2D eigenvalue weighted by atomic mass is 15.2. The molecular formula is C16H21N3. The fourth-order valence-electron chi connectivity index (χ4n) is 2.29. The molecule has 0 unspecified atom stereocenters. The van der Waals surface area contributed by atoms with Gasteiger partial charge < -0.3 is 10.6 Å². The minimum atomic E-state index is 0.532. The Hall–Kier alpha value is -1.87. The molecule has 100 valence electrons. The van der Waals surface area contributed by atoms with E-state index in [-0.39, 0.29) is 0 Å². The number of hydrogen-bond donors (Lipinski definition) is 1. The highest BCUT2D eigenvalue weighted by Crippen LogP contribution is 2.22. The minimum absolute atomic E-state index is 0.532. The Kier molecular flexibility index (Phi) is 4.53. The Morgan fingerprint density at radius 1 is 1.37 bits per heavy atom. The van der Waals surface area contributed by atoms with E-state index in [0.29, 0.717) is 6.54 Å². The maximum absolute atomic E-state index is 5.87. The van der Waals surface area contributed by atoms with Crippen molar-refractivity contribution in [3.05, 3.63) is 48.6 Å². The van der Waals surface area contributed by atoms with Crippen molar-refractivity contribution >= 4 is 16.7 Å². The highest BCUT2D eigenvalue weighted by Gasteiger charge is 2.09. The molecule has 3 nitrogen and oxygen atoms in total. The zero-order valence-corrected chi connectivity index (χ0v) is 11.5. The van der Waals surface area contributed by atoms with E-state index in [1.807, 2.05) is 24.3 Å². The lowest BCUT2D eigenvalue weighted by molar-refractivity contribution is 0.803. The van der Waals surface area contributed by atoms with Crippen molar-refractivity contribution in [2.75, 3.05) is 18.0 Å². The van der Waals surface area contributed by atoms with Crippen LogP contribution in [-0.2, 0) is 6.54 Å². The van der Waals surface area contributed by atoms with Gasteiger partial charge in [0.15, 0.2) is 0 Å². The summed E-state index contributed by atoms with van der Waals surface area (Å²) in [6.07, 6.45) is 2.99. The van der Waals surface area contributed by atoms with Crippen molar-refractivity contribution in [3.8, 4) is 0 Å². The van der Waals surface area contributed by atoms with Crippen molar-refractivity contribution in [1.29, 1.82) is 0 Å². The maximum atomic E-state index is 5.87. The molecule has 0 aliphatic heterocycles. The van der Waals surface area contributed by atoms with Gasteiger partial charge >= 0.3 is 0 Å². The second-order valence-electron chi connectivity index (χ2n) is 4.60. The van der Waals surface area contributed by atoms with Crippen LogP contribution in [0.2, 0.25) is 0 Å². The van der Waals surface area contributed by atoms with E-state index in [4.69, 9.17) is 10.7 Å². The number of aromatic nitrogens is 1. The van der Waals surface area contributed by atoms with Crippen LogP contribution in [0.5, 0.6) is 0 Å². The largest absolute Gasteiger partial charge is 0.353 e. The normalized spacial score (nSPS) is 10.6. The van der Waals surface area contributed by atoms with E-state index in [2.05, 4.69) is 30.5 Å². The van der Waals surface area contributed by atoms with Crippen LogP contribution in [0.15, 0.2) is 43.0 Å². The van der Waals surface area contributed by atoms with Crippen LogP contribution in [0.4, 0.5) is 5.82 Å². The molecule has 1 aromatic heterocycles. The lowest BCUT2D eigenvalue weighted by Crippen LogP contribution is -2.25. The van der Waals surface area contributed by atoms with Gasteiger partial charge in [0.1, 0.15) is 5.82 Å². The Balaban J connectivity index is 2.50. The van der Waals surface area contributed by atoms with E-state index in [1.165, 1.54) is 0 Å². The molecule has 0 saturated heterocycles. The first kappa shape index (κ1) is 13.6. The van der Waals surface area contributed by atoms with Gasteiger partial charge in [-0.05, 0) is 24.1 Å². The van der Waals surface area contributed by atoms with Gasteiger partial charge in [-0.3, -0.25) is 0 Å². The second-order valence-corrected chi connectivity index (χ2v) is 4.60. The zero-order valence-electron chi connectivity index (χ0n) is 11.5.